The van der Waals surface area contributed by atoms with Gasteiger partial charge in [-0.1, -0.05) is 0 Å². The summed E-state index contributed by atoms with van der Waals surface area (Å²) in [6, 6.07) is 1.72. The van der Waals surface area contributed by atoms with Crippen LogP contribution in [0.25, 0.3) is 10.9 Å². The number of nitrogens with one attached hydrogen (secondary N) is 1. The van der Waals surface area contributed by atoms with E-state index in [1.807, 2.05) is 0 Å². The van der Waals surface area contributed by atoms with Gasteiger partial charge in [0.05, 0.1) is 17.4 Å². The van der Waals surface area contributed by atoms with Crippen molar-refractivity contribution < 1.29 is 9.90 Å². The fraction of sp³-hybridized carbons (Fsp3) is 0. The first-order valence-corrected chi connectivity index (χ1v) is 4.55. The van der Waals surface area contributed by atoms with Crippen molar-refractivity contribution in [1.82, 2.24) is 10.2 Å². The molecule has 0 aliphatic rings. The Morgan fingerprint density at radius 2 is 2.36 bits per heavy atom. The lowest BCUT2D eigenvalue weighted by molar-refractivity contribution is 0.0700. The monoisotopic (exact) mass is 255 g/mol. The average Bonchev–Trinajstić information content (AvgIpc) is 2.52. The molecular formula is C8H6BrN3O2. The number of H-pyrrole nitrogens is 1. The van der Waals surface area contributed by atoms with Crippen LogP contribution in [0.1, 0.15) is 10.4 Å². The molecule has 2 aromatic rings. The number of carbonyl (C=O) groups is 1. The number of nitrogen functional groups attached to an aromatic ring is 1. The highest BCUT2D eigenvalue weighted by atomic mass is 79.9. The molecule has 0 aliphatic heterocycles. The van der Waals surface area contributed by atoms with Crippen LogP contribution in [0, 0.1) is 0 Å². The zero-order valence-corrected chi connectivity index (χ0v) is 8.50. The third-order valence-electron chi connectivity index (χ3n) is 1.94. The molecule has 0 aliphatic carbocycles. The van der Waals surface area contributed by atoms with E-state index in [-0.39, 0.29) is 11.3 Å². The number of fused-ring (bicyclic) bond motifs is 1. The van der Waals surface area contributed by atoms with Crippen molar-refractivity contribution in [3.05, 3.63) is 22.3 Å². The quantitative estimate of drug-likeness (QED) is 0.676. The van der Waals surface area contributed by atoms with Crippen LogP contribution in [0.2, 0.25) is 0 Å². The highest BCUT2D eigenvalue weighted by Gasteiger charge is 2.16. The first-order valence-electron chi connectivity index (χ1n) is 3.75. The third-order valence-corrected chi connectivity index (χ3v) is 2.60. The predicted octanol–water partition coefficient (Wildman–Crippen LogP) is 1.61. The van der Waals surface area contributed by atoms with Crippen LogP contribution in [-0.4, -0.2) is 21.3 Å². The Labute approximate surface area is 87.0 Å². The number of anilines is 1. The number of nitrogens with two attached hydrogens (primary N) is 1. The number of aromatic carboxylic acids is 1. The number of carboxylic acids is 1. The minimum Gasteiger partial charge on any atom is -0.478 e. The SMILES string of the molecule is Nc1c(Br)cc2cn[nH]c2c1C(=O)O. The van der Waals surface area contributed by atoms with Gasteiger partial charge in [0.25, 0.3) is 0 Å². The summed E-state index contributed by atoms with van der Waals surface area (Å²) in [6.07, 6.45) is 1.55. The Hall–Kier alpha value is -1.56. The molecule has 6 heteroatoms. The van der Waals surface area contributed by atoms with E-state index in [4.69, 9.17) is 10.8 Å². The number of benzene rings is 1. The molecule has 2 rings (SSSR count). The van der Waals surface area contributed by atoms with Crippen LogP contribution < -0.4 is 5.73 Å². The van der Waals surface area contributed by atoms with Crippen molar-refractivity contribution in [2.24, 2.45) is 0 Å². The van der Waals surface area contributed by atoms with E-state index in [1.165, 1.54) is 0 Å². The van der Waals surface area contributed by atoms with Gasteiger partial charge in [-0.3, -0.25) is 5.10 Å². The van der Waals surface area contributed by atoms with Crippen LogP contribution in [0.5, 0.6) is 0 Å². The lowest BCUT2D eigenvalue weighted by Gasteiger charge is -2.04. The second kappa shape index (κ2) is 2.98. The van der Waals surface area contributed by atoms with Crippen LogP contribution in [-0.2, 0) is 0 Å². The number of rotatable bonds is 1. The molecule has 4 N–H and O–H groups in total. The number of hydrogen-bond donors (Lipinski definition) is 3. The maximum Gasteiger partial charge on any atom is 0.340 e. The van der Waals surface area contributed by atoms with Gasteiger partial charge in [0.2, 0.25) is 0 Å². The van der Waals surface area contributed by atoms with Gasteiger partial charge < -0.3 is 10.8 Å². The van der Waals surface area contributed by atoms with Gasteiger partial charge >= 0.3 is 5.97 Å². The summed E-state index contributed by atoms with van der Waals surface area (Å²) >= 11 is 3.19. The van der Waals surface area contributed by atoms with E-state index in [2.05, 4.69) is 26.1 Å². The lowest BCUT2D eigenvalue weighted by Crippen LogP contribution is -2.04. The number of hydrogen-bond acceptors (Lipinski definition) is 3. The largest absolute Gasteiger partial charge is 0.478 e. The van der Waals surface area contributed by atoms with Crippen molar-refractivity contribution in [1.29, 1.82) is 0 Å². The van der Waals surface area contributed by atoms with Crippen LogP contribution in [0.4, 0.5) is 5.69 Å². The molecule has 1 aromatic heterocycles. The van der Waals surface area contributed by atoms with Crippen LogP contribution in [0.3, 0.4) is 0 Å². The molecule has 0 bridgehead atoms. The van der Waals surface area contributed by atoms with Gasteiger partial charge in [0.15, 0.2) is 0 Å². The Balaban J connectivity index is 2.93. The highest BCUT2D eigenvalue weighted by Crippen LogP contribution is 2.30. The fourth-order valence-electron chi connectivity index (χ4n) is 1.30. The molecule has 72 valence electrons. The normalized spacial score (nSPS) is 10.6. The summed E-state index contributed by atoms with van der Waals surface area (Å²) in [4.78, 5) is 10.9. The number of halogens is 1. The van der Waals surface area contributed by atoms with Crippen molar-refractivity contribution in [2.75, 3.05) is 5.73 Å². The van der Waals surface area contributed by atoms with Crippen LogP contribution >= 0.6 is 15.9 Å². The third kappa shape index (κ3) is 1.15. The Morgan fingerprint density at radius 1 is 1.64 bits per heavy atom. The maximum atomic E-state index is 10.9. The zero-order chi connectivity index (χ0) is 10.3. The molecule has 0 saturated heterocycles. The van der Waals surface area contributed by atoms with E-state index in [0.29, 0.717) is 15.4 Å². The van der Waals surface area contributed by atoms with Gasteiger partial charge in [-0.05, 0) is 22.0 Å². The molecule has 0 atom stereocenters. The molecule has 5 nitrogen and oxygen atoms in total. The zero-order valence-electron chi connectivity index (χ0n) is 6.91. The van der Waals surface area contributed by atoms with Gasteiger partial charge in [0, 0.05) is 9.86 Å². The van der Waals surface area contributed by atoms with E-state index >= 15 is 0 Å². The number of carboxylic acid groups (broad SMARTS) is 1. The number of aromatic nitrogens is 2. The molecule has 0 radical (unpaired) electrons. The molecule has 1 heterocycles. The Kier molecular flexibility index (Phi) is 1.92. The van der Waals surface area contributed by atoms with Crippen LogP contribution in [0.15, 0.2) is 16.7 Å². The second-order valence-corrected chi connectivity index (χ2v) is 3.64. The molecule has 0 spiro atoms. The Morgan fingerprint density at radius 3 is 3.00 bits per heavy atom. The van der Waals surface area contributed by atoms with Gasteiger partial charge in [-0.2, -0.15) is 5.10 Å². The van der Waals surface area contributed by atoms with Gasteiger partial charge in [0.1, 0.15) is 5.56 Å². The van der Waals surface area contributed by atoms with E-state index < -0.39 is 5.97 Å². The minimum atomic E-state index is -1.07. The van der Waals surface area contributed by atoms with E-state index in [9.17, 15) is 4.79 Å². The maximum absolute atomic E-state index is 10.9. The molecule has 0 unspecified atom stereocenters. The van der Waals surface area contributed by atoms with Crippen molar-refractivity contribution >= 4 is 38.5 Å². The number of nitrogens with zero attached hydrogens (tertiary/aromatic N) is 1. The van der Waals surface area contributed by atoms with Gasteiger partial charge in [-0.25, -0.2) is 4.79 Å². The molecule has 0 amide bonds. The molecule has 0 fully saturated rings. The lowest BCUT2D eigenvalue weighted by atomic mass is 10.1. The molecular weight excluding hydrogens is 250 g/mol. The minimum absolute atomic E-state index is 0.0480. The smallest absolute Gasteiger partial charge is 0.340 e. The summed E-state index contributed by atoms with van der Waals surface area (Å²) < 4.78 is 0.559. The standard InChI is InChI=1S/C8H6BrN3O2/c9-4-1-3-2-11-12-7(3)5(6(4)10)8(13)14/h1-2H,10H2,(H,11,12)(H,13,14). The topological polar surface area (TPSA) is 92.0 Å². The van der Waals surface area contributed by atoms with Crippen molar-refractivity contribution in [3.8, 4) is 0 Å². The number of aromatic amines is 1. The summed E-state index contributed by atoms with van der Waals surface area (Å²) in [5.74, 6) is -1.07. The first-order chi connectivity index (χ1) is 6.61. The molecule has 0 saturated carbocycles. The fourth-order valence-corrected chi connectivity index (χ4v) is 1.74. The molecule has 14 heavy (non-hydrogen) atoms. The van der Waals surface area contributed by atoms with Crippen molar-refractivity contribution in [3.63, 3.8) is 0 Å². The summed E-state index contributed by atoms with van der Waals surface area (Å²) in [7, 11) is 0. The predicted molar refractivity (Wildman–Crippen MR) is 55.2 cm³/mol. The van der Waals surface area contributed by atoms with E-state index in [0.717, 1.165) is 0 Å². The first kappa shape index (κ1) is 9.01. The summed E-state index contributed by atoms with van der Waals surface area (Å²) in [6.45, 7) is 0. The second-order valence-electron chi connectivity index (χ2n) is 2.79. The summed E-state index contributed by atoms with van der Waals surface area (Å²) in [5, 5.41) is 16.0. The van der Waals surface area contributed by atoms with Gasteiger partial charge in [-0.15, -0.1) is 0 Å². The van der Waals surface area contributed by atoms with Crippen molar-refractivity contribution in [2.45, 2.75) is 0 Å². The molecule has 1 aromatic carbocycles. The highest BCUT2D eigenvalue weighted by molar-refractivity contribution is 9.10. The van der Waals surface area contributed by atoms with E-state index in [1.54, 1.807) is 12.3 Å². The Bertz CT molecular complexity index is 521. The average molecular weight is 256 g/mol. The summed E-state index contributed by atoms with van der Waals surface area (Å²) in [5.41, 5.74) is 6.33.